The first-order valence-corrected chi connectivity index (χ1v) is 7.56. The zero-order valence-corrected chi connectivity index (χ0v) is 11.4. The Morgan fingerprint density at radius 1 is 1.59 bits per heavy atom. The van der Waals surface area contributed by atoms with Gasteiger partial charge in [0.15, 0.2) is 0 Å². The van der Waals surface area contributed by atoms with Gasteiger partial charge >= 0.3 is 0 Å². The molecule has 1 aliphatic heterocycles. The first-order valence-electron chi connectivity index (χ1n) is 6.02. The van der Waals surface area contributed by atoms with Crippen molar-refractivity contribution >= 4 is 10.0 Å². The molecule has 0 spiro atoms. The average Bonchev–Trinajstić information content (AvgIpc) is 2.35. The minimum Gasteiger partial charge on any atom is -0.374 e. The Morgan fingerprint density at radius 3 is 2.88 bits per heavy atom. The van der Waals surface area contributed by atoms with Crippen molar-refractivity contribution in [1.82, 2.24) is 9.62 Å². The molecule has 0 amide bonds. The van der Waals surface area contributed by atoms with Gasteiger partial charge in [0.1, 0.15) is 0 Å². The second kappa shape index (κ2) is 6.65. The highest BCUT2D eigenvalue weighted by Gasteiger charge is 2.23. The average molecular weight is 265 g/mol. The van der Waals surface area contributed by atoms with Crippen LogP contribution in [0.15, 0.2) is 0 Å². The van der Waals surface area contributed by atoms with Crippen molar-refractivity contribution < 1.29 is 13.2 Å². The fraction of sp³-hybridized carbons (Fsp3) is 1.00. The molecule has 0 aromatic rings. The van der Waals surface area contributed by atoms with Gasteiger partial charge in [-0.3, -0.25) is 4.90 Å². The van der Waals surface area contributed by atoms with Crippen LogP contribution in [-0.2, 0) is 14.8 Å². The lowest BCUT2D eigenvalue weighted by molar-refractivity contribution is -0.0229. The maximum atomic E-state index is 11.7. The lowest BCUT2D eigenvalue weighted by Gasteiger charge is -2.32. The van der Waals surface area contributed by atoms with Gasteiger partial charge in [0.05, 0.1) is 18.0 Å². The molecule has 2 unspecified atom stereocenters. The molecular weight excluding hydrogens is 242 g/mol. The smallest absolute Gasteiger partial charge is 0.215 e. The topological polar surface area (TPSA) is 84.7 Å². The number of likely N-dealkylation sites (N-methyl/N-ethyl adjacent to an activating group) is 1. The van der Waals surface area contributed by atoms with Crippen LogP contribution in [0, 0.1) is 0 Å². The van der Waals surface area contributed by atoms with E-state index in [0.717, 1.165) is 19.6 Å². The normalized spacial score (nSPS) is 24.8. The summed E-state index contributed by atoms with van der Waals surface area (Å²) in [6.45, 7) is 7.45. The number of hydrogen-bond donors (Lipinski definition) is 2. The second-order valence-electron chi connectivity index (χ2n) is 4.33. The molecule has 0 radical (unpaired) electrons. The molecular formula is C10H23N3O3S. The third-order valence-electron chi connectivity index (χ3n) is 3.04. The molecule has 1 aliphatic rings. The molecule has 1 saturated heterocycles. The van der Waals surface area contributed by atoms with Crippen LogP contribution in [0.3, 0.4) is 0 Å². The Balaban J connectivity index is 2.40. The Bertz CT molecular complexity index is 321. The van der Waals surface area contributed by atoms with Gasteiger partial charge in [-0.2, -0.15) is 0 Å². The number of sulfonamides is 1. The molecule has 0 aromatic heterocycles. The number of nitrogens with two attached hydrogens (primary N) is 1. The van der Waals surface area contributed by atoms with Crippen molar-refractivity contribution in [2.24, 2.45) is 5.73 Å². The van der Waals surface area contributed by atoms with E-state index in [1.807, 2.05) is 0 Å². The molecule has 1 heterocycles. The highest BCUT2D eigenvalue weighted by atomic mass is 32.2. The van der Waals surface area contributed by atoms with Gasteiger partial charge in [0.25, 0.3) is 0 Å². The number of hydrogen-bond acceptors (Lipinski definition) is 5. The summed E-state index contributed by atoms with van der Waals surface area (Å²) in [5.74, 6) is 0. The third-order valence-corrected chi connectivity index (χ3v) is 4.86. The predicted molar refractivity (Wildman–Crippen MR) is 67.3 cm³/mol. The molecule has 1 rings (SSSR count). The predicted octanol–water partition coefficient (Wildman–Crippen LogP) is -1.03. The Labute approximate surface area is 104 Å². The van der Waals surface area contributed by atoms with Crippen LogP contribution in [0.5, 0.6) is 0 Å². The molecule has 0 bridgehead atoms. The quantitative estimate of drug-likeness (QED) is 0.642. The summed E-state index contributed by atoms with van der Waals surface area (Å²) in [6.07, 6.45) is -0.0663. The van der Waals surface area contributed by atoms with Crippen molar-refractivity contribution in [3.63, 3.8) is 0 Å². The van der Waals surface area contributed by atoms with Crippen LogP contribution < -0.4 is 10.5 Å². The van der Waals surface area contributed by atoms with Gasteiger partial charge < -0.3 is 10.5 Å². The molecule has 102 valence electrons. The molecule has 0 saturated carbocycles. The molecule has 17 heavy (non-hydrogen) atoms. The van der Waals surface area contributed by atoms with Crippen molar-refractivity contribution in [2.75, 3.05) is 39.3 Å². The Kier molecular flexibility index (Phi) is 5.81. The fourth-order valence-corrected chi connectivity index (χ4v) is 2.63. The molecule has 3 N–H and O–H groups in total. The van der Waals surface area contributed by atoms with Gasteiger partial charge in [-0.25, -0.2) is 13.1 Å². The lowest BCUT2D eigenvalue weighted by Crippen LogP contribution is -2.48. The Morgan fingerprint density at radius 2 is 2.29 bits per heavy atom. The number of ether oxygens (including phenoxy) is 1. The van der Waals surface area contributed by atoms with Gasteiger partial charge in [-0.15, -0.1) is 0 Å². The molecule has 2 atom stereocenters. The maximum Gasteiger partial charge on any atom is 0.215 e. The van der Waals surface area contributed by atoms with E-state index in [0.29, 0.717) is 13.2 Å². The summed E-state index contributed by atoms with van der Waals surface area (Å²) in [5, 5.41) is -0.562. The van der Waals surface area contributed by atoms with E-state index < -0.39 is 15.3 Å². The van der Waals surface area contributed by atoms with E-state index in [1.54, 1.807) is 6.92 Å². The number of rotatable bonds is 6. The molecule has 1 fully saturated rings. The molecule has 0 aromatic carbocycles. The van der Waals surface area contributed by atoms with E-state index in [-0.39, 0.29) is 12.6 Å². The van der Waals surface area contributed by atoms with Crippen molar-refractivity contribution in [1.29, 1.82) is 0 Å². The molecule has 0 aliphatic carbocycles. The first-order chi connectivity index (χ1) is 7.99. The number of nitrogens with zero attached hydrogens (tertiary/aromatic N) is 1. The zero-order valence-electron chi connectivity index (χ0n) is 10.6. The molecule has 6 nitrogen and oxygen atoms in total. The summed E-state index contributed by atoms with van der Waals surface area (Å²) < 4.78 is 31.5. The van der Waals surface area contributed by atoms with Crippen LogP contribution in [-0.4, -0.2) is 64.0 Å². The fourth-order valence-electron chi connectivity index (χ4n) is 1.67. The third kappa shape index (κ3) is 4.51. The summed E-state index contributed by atoms with van der Waals surface area (Å²) in [7, 11) is -3.31. The van der Waals surface area contributed by atoms with Gasteiger partial charge in [-0.1, -0.05) is 6.92 Å². The summed E-state index contributed by atoms with van der Waals surface area (Å²) >= 11 is 0. The standard InChI is InChI=1S/C10H23N3O3S/c1-3-13-4-5-16-10(8-13)7-12-17(14,15)9(2)6-11/h9-10,12H,3-8,11H2,1-2H3. The van der Waals surface area contributed by atoms with E-state index in [2.05, 4.69) is 16.5 Å². The minimum atomic E-state index is -3.31. The van der Waals surface area contributed by atoms with E-state index in [1.165, 1.54) is 0 Å². The van der Waals surface area contributed by atoms with Crippen molar-refractivity contribution in [3.05, 3.63) is 0 Å². The zero-order chi connectivity index (χ0) is 12.9. The number of morpholine rings is 1. The highest BCUT2D eigenvalue weighted by Crippen LogP contribution is 2.05. The first kappa shape index (κ1) is 14.8. The largest absolute Gasteiger partial charge is 0.374 e. The summed E-state index contributed by atoms with van der Waals surface area (Å²) in [6, 6.07) is 0. The van der Waals surface area contributed by atoms with Crippen LogP contribution in [0.1, 0.15) is 13.8 Å². The van der Waals surface area contributed by atoms with E-state index >= 15 is 0 Å². The Hall–Kier alpha value is -0.210. The van der Waals surface area contributed by atoms with Crippen LogP contribution in [0.25, 0.3) is 0 Å². The lowest BCUT2D eigenvalue weighted by atomic mass is 10.3. The van der Waals surface area contributed by atoms with Crippen molar-refractivity contribution in [2.45, 2.75) is 25.2 Å². The van der Waals surface area contributed by atoms with Crippen LogP contribution in [0.2, 0.25) is 0 Å². The summed E-state index contributed by atoms with van der Waals surface area (Å²) in [5.41, 5.74) is 5.35. The van der Waals surface area contributed by atoms with Gasteiger partial charge in [0.2, 0.25) is 10.0 Å². The maximum absolute atomic E-state index is 11.7. The van der Waals surface area contributed by atoms with Gasteiger partial charge in [0, 0.05) is 26.2 Å². The van der Waals surface area contributed by atoms with Crippen LogP contribution in [0.4, 0.5) is 0 Å². The van der Waals surface area contributed by atoms with Crippen molar-refractivity contribution in [3.8, 4) is 0 Å². The second-order valence-corrected chi connectivity index (χ2v) is 6.51. The molecule has 7 heteroatoms. The highest BCUT2D eigenvalue weighted by molar-refractivity contribution is 7.90. The van der Waals surface area contributed by atoms with E-state index in [4.69, 9.17) is 10.5 Å². The number of nitrogens with one attached hydrogen (secondary N) is 1. The SMILES string of the molecule is CCN1CCOC(CNS(=O)(=O)C(C)CN)C1. The minimum absolute atomic E-state index is 0.0663. The van der Waals surface area contributed by atoms with Crippen LogP contribution >= 0.6 is 0 Å². The van der Waals surface area contributed by atoms with Gasteiger partial charge in [-0.05, 0) is 13.5 Å². The van der Waals surface area contributed by atoms with E-state index in [9.17, 15) is 8.42 Å². The monoisotopic (exact) mass is 265 g/mol. The summed E-state index contributed by atoms with van der Waals surface area (Å²) in [4.78, 5) is 2.24.